The largest absolute Gasteiger partial charge is 0.481 e. The second-order valence-electron chi connectivity index (χ2n) is 3.16. The van der Waals surface area contributed by atoms with Gasteiger partial charge < -0.3 is 21.1 Å². The van der Waals surface area contributed by atoms with Crippen LogP contribution in [0.25, 0.3) is 0 Å². The Morgan fingerprint density at radius 2 is 1.57 bits per heavy atom. The van der Waals surface area contributed by atoms with Crippen LogP contribution in [-0.2, 0) is 9.59 Å². The molecule has 0 aromatic rings. The van der Waals surface area contributed by atoms with Crippen molar-refractivity contribution >= 4 is 11.9 Å². The molecule has 14 heavy (non-hydrogen) atoms. The van der Waals surface area contributed by atoms with Crippen LogP contribution in [0, 0.1) is 5.41 Å². The van der Waals surface area contributed by atoms with Gasteiger partial charge in [0.25, 0.3) is 0 Å². The first-order valence-electron chi connectivity index (χ1n) is 4.22. The summed E-state index contributed by atoms with van der Waals surface area (Å²) in [6, 6.07) is 0. The molecule has 0 saturated carbocycles. The standard InChI is InChI=1S/C8H15NO5/c9-7(14)8(1-3-10,2-4-11)5-6(12)13/h10-11H,1-5H2,(H2,9,14)(H,12,13). The Labute approximate surface area is 81.3 Å². The average molecular weight is 205 g/mol. The van der Waals surface area contributed by atoms with Crippen LogP contribution in [-0.4, -0.2) is 40.4 Å². The van der Waals surface area contributed by atoms with E-state index in [9.17, 15) is 9.59 Å². The van der Waals surface area contributed by atoms with Crippen LogP contribution in [0.1, 0.15) is 19.3 Å². The molecular formula is C8H15NO5. The van der Waals surface area contributed by atoms with Crippen LogP contribution in [0.5, 0.6) is 0 Å². The highest BCUT2D eigenvalue weighted by molar-refractivity contribution is 5.85. The van der Waals surface area contributed by atoms with E-state index < -0.39 is 23.7 Å². The Morgan fingerprint density at radius 3 is 1.79 bits per heavy atom. The van der Waals surface area contributed by atoms with Gasteiger partial charge in [0.05, 0.1) is 11.8 Å². The molecule has 0 aliphatic rings. The van der Waals surface area contributed by atoms with Crippen LogP contribution < -0.4 is 5.73 Å². The minimum absolute atomic E-state index is 0.0464. The summed E-state index contributed by atoms with van der Waals surface area (Å²) < 4.78 is 0. The molecule has 0 unspecified atom stereocenters. The van der Waals surface area contributed by atoms with E-state index >= 15 is 0 Å². The number of carbonyl (C=O) groups is 2. The van der Waals surface area contributed by atoms with Gasteiger partial charge in [0.1, 0.15) is 0 Å². The second-order valence-corrected chi connectivity index (χ2v) is 3.16. The Balaban J connectivity index is 4.73. The number of carboxylic acids is 1. The minimum Gasteiger partial charge on any atom is -0.481 e. The van der Waals surface area contributed by atoms with E-state index in [1.165, 1.54) is 0 Å². The highest BCUT2D eigenvalue weighted by Crippen LogP contribution is 2.30. The summed E-state index contributed by atoms with van der Waals surface area (Å²) in [5.74, 6) is -1.98. The molecule has 0 aliphatic heterocycles. The van der Waals surface area contributed by atoms with Crippen molar-refractivity contribution < 1.29 is 24.9 Å². The van der Waals surface area contributed by atoms with Crippen molar-refractivity contribution in [3.63, 3.8) is 0 Å². The number of aliphatic hydroxyl groups is 2. The molecule has 0 rings (SSSR count). The predicted octanol–water partition coefficient (Wildman–Crippen LogP) is -1.30. The quantitative estimate of drug-likeness (QED) is 0.411. The fourth-order valence-electron chi connectivity index (χ4n) is 1.35. The first kappa shape index (κ1) is 12.9. The number of nitrogens with two attached hydrogens (primary N) is 1. The van der Waals surface area contributed by atoms with E-state index in [0.29, 0.717) is 0 Å². The molecule has 0 saturated heterocycles. The third-order valence-electron chi connectivity index (χ3n) is 2.19. The lowest BCUT2D eigenvalue weighted by atomic mass is 9.78. The summed E-state index contributed by atoms with van der Waals surface area (Å²) in [6.07, 6.45) is -0.562. The fourth-order valence-corrected chi connectivity index (χ4v) is 1.35. The van der Waals surface area contributed by atoms with Crippen molar-refractivity contribution in [3.8, 4) is 0 Å². The Kier molecular flexibility index (Phi) is 5.11. The van der Waals surface area contributed by atoms with Gasteiger partial charge in [-0.1, -0.05) is 0 Å². The van der Waals surface area contributed by atoms with E-state index in [-0.39, 0.29) is 26.1 Å². The molecule has 0 spiro atoms. The fraction of sp³-hybridized carbons (Fsp3) is 0.750. The maximum atomic E-state index is 11.1. The maximum absolute atomic E-state index is 11.1. The smallest absolute Gasteiger partial charge is 0.304 e. The van der Waals surface area contributed by atoms with E-state index in [0.717, 1.165) is 0 Å². The third kappa shape index (κ3) is 3.31. The molecule has 0 fully saturated rings. The summed E-state index contributed by atoms with van der Waals surface area (Å²) in [6.45, 7) is -0.674. The van der Waals surface area contributed by atoms with Crippen molar-refractivity contribution in [2.75, 3.05) is 13.2 Å². The Hall–Kier alpha value is -1.14. The van der Waals surface area contributed by atoms with Gasteiger partial charge in [0, 0.05) is 13.2 Å². The number of carboxylic acid groups (broad SMARTS) is 1. The third-order valence-corrected chi connectivity index (χ3v) is 2.19. The van der Waals surface area contributed by atoms with Gasteiger partial charge >= 0.3 is 5.97 Å². The number of primary amides is 1. The lowest BCUT2D eigenvalue weighted by Gasteiger charge is -2.27. The van der Waals surface area contributed by atoms with Crippen LogP contribution in [0.3, 0.4) is 0 Å². The molecule has 6 nitrogen and oxygen atoms in total. The van der Waals surface area contributed by atoms with Crippen molar-refractivity contribution in [1.82, 2.24) is 0 Å². The zero-order valence-corrected chi connectivity index (χ0v) is 7.77. The van der Waals surface area contributed by atoms with E-state index in [2.05, 4.69) is 0 Å². The molecule has 0 aromatic heterocycles. The number of amides is 1. The molecule has 6 heteroatoms. The SMILES string of the molecule is NC(=O)C(CCO)(CCO)CC(=O)O. The minimum atomic E-state index is -1.34. The lowest BCUT2D eigenvalue weighted by Crippen LogP contribution is -2.40. The van der Waals surface area contributed by atoms with Crippen molar-refractivity contribution in [3.05, 3.63) is 0 Å². The number of hydrogen-bond donors (Lipinski definition) is 4. The van der Waals surface area contributed by atoms with Gasteiger partial charge in [-0.15, -0.1) is 0 Å². The zero-order valence-electron chi connectivity index (χ0n) is 7.77. The van der Waals surface area contributed by atoms with Crippen molar-refractivity contribution in [2.24, 2.45) is 11.1 Å². The van der Waals surface area contributed by atoms with Gasteiger partial charge in [0.2, 0.25) is 5.91 Å². The first-order chi connectivity index (χ1) is 6.48. The zero-order chi connectivity index (χ0) is 11.2. The molecule has 0 bridgehead atoms. The monoisotopic (exact) mass is 205 g/mol. The summed E-state index contributed by atoms with van der Waals surface area (Å²) in [5, 5.41) is 26.0. The molecule has 82 valence electrons. The summed E-state index contributed by atoms with van der Waals surface area (Å²) in [5.41, 5.74) is 3.73. The molecule has 5 N–H and O–H groups in total. The first-order valence-corrected chi connectivity index (χ1v) is 4.22. The highest BCUT2D eigenvalue weighted by atomic mass is 16.4. The van der Waals surface area contributed by atoms with Crippen LogP contribution in [0.15, 0.2) is 0 Å². The molecule has 0 aromatic carbocycles. The van der Waals surface area contributed by atoms with Gasteiger partial charge in [-0.05, 0) is 12.8 Å². The topological polar surface area (TPSA) is 121 Å². The maximum Gasteiger partial charge on any atom is 0.304 e. The van der Waals surface area contributed by atoms with Crippen LogP contribution in [0.2, 0.25) is 0 Å². The molecule has 0 atom stereocenters. The Morgan fingerprint density at radius 1 is 1.14 bits per heavy atom. The number of aliphatic carboxylic acids is 1. The summed E-state index contributed by atoms with van der Waals surface area (Å²) in [7, 11) is 0. The predicted molar refractivity (Wildman–Crippen MR) is 47.3 cm³/mol. The van der Waals surface area contributed by atoms with E-state index in [4.69, 9.17) is 21.1 Å². The van der Waals surface area contributed by atoms with E-state index in [1.54, 1.807) is 0 Å². The molecule has 0 radical (unpaired) electrons. The molecular weight excluding hydrogens is 190 g/mol. The summed E-state index contributed by atoms with van der Waals surface area (Å²) >= 11 is 0. The van der Waals surface area contributed by atoms with Crippen molar-refractivity contribution in [1.29, 1.82) is 0 Å². The number of rotatable bonds is 7. The molecule has 0 heterocycles. The Bertz CT molecular complexity index is 210. The lowest BCUT2D eigenvalue weighted by molar-refractivity contribution is -0.145. The van der Waals surface area contributed by atoms with Gasteiger partial charge in [-0.25, -0.2) is 0 Å². The van der Waals surface area contributed by atoms with Crippen LogP contribution in [0.4, 0.5) is 0 Å². The highest BCUT2D eigenvalue weighted by Gasteiger charge is 2.37. The van der Waals surface area contributed by atoms with Crippen molar-refractivity contribution in [2.45, 2.75) is 19.3 Å². The van der Waals surface area contributed by atoms with Gasteiger partial charge in [0.15, 0.2) is 0 Å². The number of hydrogen-bond acceptors (Lipinski definition) is 4. The summed E-state index contributed by atoms with van der Waals surface area (Å²) in [4.78, 5) is 21.6. The van der Waals surface area contributed by atoms with Gasteiger partial charge in [-0.2, -0.15) is 0 Å². The average Bonchev–Trinajstić information content (AvgIpc) is 2.03. The van der Waals surface area contributed by atoms with Crippen LogP contribution >= 0.6 is 0 Å². The normalized spacial score (nSPS) is 11.3. The van der Waals surface area contributed by atoms with E-state index in [1.807, 2.05) is 0 Å². The number of carbonyl (C=O) groups excluding carboxylic acids is 1. The number of aliphatic hydroxyl groups excluding tert-OH is 2. The molecule has 0 aliphatic carbocycles. The second kappa shape index (κ2) is 5.56. The molecule has 1 amide bonds. The van der Waals surface area contributed by atoms with Gasteiger partial charge in [-0.3, -0.25) is 9.59 Å².